The molecule has 0 aliphatic heterocycles. The monoisotopic (exact) mass is 214 g/mol. The van der Waals surface area contributed by atoms with Crippen molar-refractivity contribution < 1.29 is 4.74 Å². The minimum atomic E-state index is 0.272. The highest BCUT2D eigenvalue weighted by atomic mass is 32.1. The van der Waals surface area contributed by atoms with Gasteiger partial charge in [-0.15, -0.1) is 11.3 Å². The van der Waals surface area contributed by atoms with Gasteiger partial charge >= 0.3 is 0 Å². The molecule has 0 fully saturated rings. The van der Waals surface area contributed by atoms with Crippen molar-refractivity contribution in [2.24, 2.45) is 5.73 Å². The molecule has 0 amide bonds. The lowest BCUT2D eigenvalue weighted by Crippen LogP contribution is -2.15. The zero-order valence-corrected chi connectivity index (χ0v) is 9.64. The molecule has 0 spiro atoms. The summed E-state index contributed by atoms with van der Waals surface area (Å²) in [5.41, 5.74) is 8.44. The lowest BCUT2D eigenvalue weighted by molar-refractivity contribution is 0.0645. The van der Waals surface area contributed by atoms with E-state index in [2.05, 4.69) is 11.9 Å². The Kier molecular flexibility index (Phi) is 5.07. The first kappa shape index (κ1) is 11.6. The maximum absolute atomic E-state index is 5.61. The van der Waals surface area contributed by atoms with Gasteiger partial charge in [0.1, 0.15) is 0 Å². The van der Waals surface area contributed by atoms with E-state index in [9.17, 15) is 0 Å². The van der Waals surface area contributed by atoms with E-state index in [4.69, 9.17) is 10.5 Å². The first-order valence-electron chi connectivity index (χ1n) is 4.94. The van der Waals surface area contributed by atoms with Crippen LogP contribution in [-0.4, -0.2) is 24.2 Å². The van der Waals surface area contributed by atoms with Crippen LogP contribution in [0.25, 0.3) is 0 Å². The van der Waals surface area contributed by atoms with Crippen LogP contribution >= 0.6 is 11.3 Å². The number of nitrogens with two attached hydrogens (primary N) is 1. The molecule has 14 heavy (non-hydrogen) atoms. The lowest BCUT2D eigenvalue weighted by atomic mass is 10.3. The molecular formula is C10H18N2OS. The summed E-state index contributed by atoms with van der Waals surface area (Å²) in [6.45, 7) is 5.56. The summed E-state index contributed by atoms with van der Waals surface area (Å²) in [6.07, 6.45) is 2.17. The Bertz CT molecular complexity index is 262. The average Bonchev–Trinajstić information content (AvgIpc) is 2.52. The van der Waals surface area contributed by atoms with Crippen molar-refractivity contribution >= 4 is 11.3 Å². The fraction of sp³-hybridized carbons (Fsp3) is 0.700. The van der Waals surface area contributed by atoms with E-state index in [1.165, 1.54) is 4.88 Å². The topological polar surface area (TPSA) is 48.1 Å². The van der Waals surface area contributed by atoms with E-state index >= 15 is 0 Å². The summed E-state index contributed by atoms with van der Waals surface area (Å²) >= 11 is 1.70. The van der Waals surface area contributed by atoms with Crippen molar-refractivity contribution in [3.8, 4) is 0 Å². The van der Waals surface area contributed by atoms with Gasteiger partial charge in [-0.05, 0) is 26.8 Å². The van der Waals surface area contributed by atoms with Gasteiger partial charge < -0.3 is 10.5 Å². The molecule has 1 heterocycles. The minimum absolute atomic E-state index is 0.272. The Hall–Kier alpha value is -0.450. The highest BCUT2D eigenvalue weighted by Gasteiger charge is 2.03. The molecule has 0 aromatic carbocycles. The largest absolute Gasteiger partial charge is 0.378 e. The Morgan fingerprint density at radius 1 is 1.64 bits per heavy atom. The quantitative estimate of drug-likeness (QED) is 0.784. The van der Waals surface area contributed by atoms with Gasteiger partial charge in [-0.25, -0.2) is 4.98 Å². The van der Waals surface area contributed by atoms with Gasteiger partial charge in [-0.2, -0.15) is 0 Å². The highest BCUT2D eigenvalue weighted by Crippen LogP contribution is 2.13. The molecule has 0 aliphatic rings. The molecule has 0 saturated heterocycles. The summed E-state index contributed by atoms with van der Waals surface area (Å²) in [5, 5.41) is 0. The third-order valence-electron chi connectivity index (χ3n) is 2.15. The van der Waals surface area contributed by atoms with E-state index in [0.717, 1.165) is 25.1 Å². The van der Waals surface area contributed by atoms with E-state index < -0.39 is 0 Å². The number of nitrogens with zero attached hydrogens (tertiary/aromatic N) is 1. The zero-order valence-electron chi connectivity index (χ0n) is 8.82. The maximum atomic E-state index is 5.61. The second kappa shape index (κ2) is 6.11. The van der Waals surface area contributed by atoms with Crippen molar-refractivity contribution in [1.82, 2.24) is 4.98 Å². The second-order valence-electron chi connectivity index (χ2n) is 3.37. The van der Waals surface area contributed by atoms with Gasteiger partial charge in [-0.1, -0.05) is 0 Å². The molecule has 1 aromatic rings. The maximum Gasteiger partial charge on any atom is 0.0797 e. The number of ether oxygens (including phenoxy) is 1. The Morgan fingerprint density at radius 3 is 3.00 bits per heavy atom. The van der Waals surface area contributed by atoms with Crippen LogP contribution in [-0.2, 0) is 11.2 Å². The number of aromatic nitrogens is 1. The molecule has 3 nitrogen and oxygen atoms in total. The van der Waals surface area contributed by atoms with E-state index in [1.807, 2.05) is 12.4 Å². The standard InChI is InChI=1S/C10H18N2OS/c1-8(3-5-11)13-6-4-10-9(2)12-7-14-10/h7-8H,3-6,11H2,1-2H3. The summed E-state index contributed by atoms with van der Waals surface area (Å²) in [5.74, 6) is 0. The van der Waals surface area contributed by atoms with Crippen LogP contribution in [0.5, 0.6) is 0 Å². The molecule has 2 N–H and O–H groups in total. The molecule has 0 saturated carbocycles. The van der Waals surface area contributed by atoms with Gasteiger partial charge in [0.05, 0.1) is 23.9 Å². The summed E-state index contributed by atoms with van der Waals surface area (Å²) in [7, 11) is 0. The molecule has 80 valence electrons. The van der Waals surface area contributed by atoms with Crippen molar-refractivity contribution in [3.63, 3.8) is 0 Å². The highest BCUT2D eigenvalue weighted by molar-refractivity contribution is 7.09. The second-order valence-corrected chi connectivity index (χ2v) is 4.31. The van der Waals surface area contributed by atoms with Gasteiger partial charge in [0.25, 0.3) is 0 Å². The molecule has 1 unspecified atom stereocenters. The molecule has 4 heteroatoms. The smallest absolute Gasteiger partial charge is 0.0797 e. The van der Waals surface area contributed by atoms with E-state index in [1.54, 1.807) is 11.3 Å². The minimum Gasteiger partial charge on any atom is -0.378 e. The fourth-order valence-corrected chi connectivity index (χ4v) is 2.00. The summed E-state index contributed by atoms with van der Waals surface area (Å²) < 4.78 is 5.61. The van der Waals surface area contributed by atoms with Gasteiger partial charge in [0.15, 0.2) is 0 Å². The van der Waals surface area contributed by atoms with E-state index in [0.29, 0.717) is 6.54 Å². The van der Waals surface area contributed by atoms with E-state index in [-0.39, 0.29) is 6.10 Å². The summed E-state index contributed by atoms with van der Waals surface area (Å²) in [6, 6.07) is 0. The molecule has 1 rings (SSSR count). The summed E-state index contributed by atoms with van der Waals surface area (Å²) in [4.78, 5) is 5.52. The van der Waals surface area contributed by atoms with Crippen molar-refractivity contribution in [3.05, 3.63) is 16.1 Å². The normalized spacial score (nSPS) is 13.1. The number of hydrogen-bond acceptors (Lipinski definition) is 4. The molecule has 1 atom stereocenters. The van der Waals surface area contributed by atoms with Crippen LogP contribution in [0.2, 0.25) is 0 Å². The Labute approximate surface area is 89.3 Å². The number of hydrogen-bond donors (Lipinski definition) is 1. The van der Waals surface area contributed by atoms with Crippen molar-refractivity contribution in [1.29, 1.82) is 0 Å². The van der Waals surface area contributed by atoms with Crippen LogP contribution < -0.4 is 5.73 Å². The number of aryl methyl sites for hydroxylation is 1. The fourth-order valence-electron chi connectivity index (χ4n) is 1.24. The number of thiazole rings is 1. The van der Waals surface area contributed by atoms with Gasteiger partial charge in [0.2, 0.25) is 0 Å². The number of rotatable bonds is 6. The predicted octanol–water partition coefficient (Wildman–Crippen LogP) is 1.75. The van der Waals surface area contributed by atoms with Gasteiger partial charge in [0, 0.05) is 11.3 Å². The van der Waals surface area contributed by atoms with Crippen LogP contribution in [0.4, 0.5) is 0 Å². The van der Waals surface area contributed by atoms with Crippen molar-refractivity contribution in [2.45, 2.75) is 32.8 Å². The Morgan fingerprint density at radius 2 is 2.43 bits per heavy atom. The van der Waals surface area contributed by atoms with Crippen molar-refractivity contribution in [2.75, 3.05) is 13.2 Å². The Balaban J connectivity index is 2.19. The first-order chi connectivity index (χ1) is 6.74. The first-order valence-corrected chi connectivity index (χ1v) is 5.82. The van der Waals surface area contributed by atoms with Gasteiger partial charge in [-0.3, -0.25) is 0 Å². The predicted molar refractivity (Wildman–Crippen MR) is 59.6 cm³/mol. The van der Waals surface area contributed by atoms with Crippen LogP contribution in [0, 0.1) is 6.92 Å². The zero-order chi connectivity index (χ0) is 10.4. The third kappa shape index (κ3) is 3.74. The molecular weight excluding hydrogens is 196 g/mol. The molecule has 1 aromatic heterocycles. The third-order valence-corrected chi connectivity index (χ3v) is 3.14. The molecule has 0 aliphatic carbocycles. The van der Waals surface area contributed by atoms with Crippen LogP contribution in [0.1, 0.15) is 23.9 Å². The SMILES string of the molecule is Cc1ncsc1CCOC(C)CCN. The van der Waals surface area contributed by atoms with Crippen LogP contribution in [0.15, 0.2) is 5.51 Å². The molecule has 0 bridgehead atoms. The average molecular weight is 214 g/mol. The molecule has 0 radical (unpaired) electrons. The van der Waals surface area contributed by atoms with Crippen LogP contribution in [0.3, 0.4) is 0 Å². The lowest BCUT2D eigenvalue weighted by Gasteiger charge is -2.10.